The van der Waals surface area contributed by atoms with Crippen LogP contribution < -0.4 is 0 Å². The summed E-state index contributed by atoms with van der Waals surface area (Å²) < 4.78 is 17.0. The summed E-state index contributed by atoms with van der Waals surface area (Å²) in [5.41, 5.74) is 0. The molecule has 1 unspecified atom stereocenters. The monoisotopic (exact) mass is 1070 g/mol. The zero-order valence-corrected chi connectivity index (χ0v) is 51.0. The third-order valence-corrected chi connectivity index (χ3v) is 14.4. The fraction of sp³-hybridized carbons (Fsp3) is 0.761. The SMILES string of the molecule is CC/C=C\C/C=C\C/C=C\C/C=C\C/C=C\CCCCCCCCCCCC(=O)OCC(COC(=O)CCCCCCC/C=C\C/C=C\CCCCC)OC(=O)CCCCCCCCCCCCCCCCCCCCC. The van der Waals surface area contributed by atoms with Gasteiger partial charge in [0, 0.05) is 19.3 Å². The van der Waals surface area contributed by atoms with Gasteiger partial charge in [-0.05, 0) is 96.3 Å². The minimum absolute atomic E-state index is 0.0815. The molecule has 0 heterocycles. The molecule has 0 amide bonds. The predicted octanol–water partition coefficient (Wildman–Crippen LogP) is 22.7. The van der Waals surface area contributed by atoms with Crippen LogP contribution in [0.15, 0.2) is 85.1 Å². The number of rotatable bonds is 60. The molecule has 1 atom stereocenters. The number of unbranched alkanes of at least 4 members (excludes halogenated alkanes) is 35. The van der Waals surface area contributed by atoms with Crippen LogP contribution in [0.3, 0.4) is 0 Å². The van der Waals surface area contributed by atoms with Gasteiger partial charge in [-0.15, -0.1) is 0 Å². The highest BCUT2D eigenvalue weighted by molar-refractivity contribution is 5.71. The highest BCUT2D eigenvalue weighted by Crippen LogP contribution is 2.17. The summed E-state index contributed by atoms with van der Waals surface area (Å²) in [7, 11) is 0. The van der Waals surface area contributed by atoms with Crippen LogP contribution in [-0.4, -0.2) is 37.2 Å². The Kier molecular flexibility index (Phi) is 62.2. The van der Waals surface area contributed by atoms with Gasteiger partial charge in [0.25, 0.3) is 0 Å². The Morgan fingerprint density at radius 2 is 0.506 bits per heavy atom. The van der Waals surface area contributed by atoms with Crippen LogP contribution in [0.1, 0.15) is 329 Å². The van der Waals surface area contributed by atoms with Gasteiger partial charge in [0.2, 0.25) is 0 Å². The van der Waals surface area contributed by atoms with Crippen LogP contribution in [0.4, 0.5) is 0 Å². The van der Waals surface area contributed by atoms with Crippen molar-refractivity contribution in [1.82, 2.24) is 0 Å². The third kappa shape index (κ3) is 63.3. The summed E-state index contributed by atoms with van der Waals surface area (Å²) in [4.78, 5) is 38.4. The Bertz CT molecular complexity index is 1470. The van der Waals surface area contributed by atoms with Gasteiger partial charge in [-0.3, -0.25) is 14.4 Å². The molecular weight excluding hydrogens is 949 g/mol. The fourth-order valence-corrected chi connectivity index (χ4v) is 9.44. The van der Waals surface area contributed by atoms with E-state index in [9.17, 15) is 14.4 Å². The lowest BCUT2D eigenvalue weighted by molar-refractivity contribution is -0.167. The van der Waals surface area contributed by atoms with Gasteiger partial charge in [0.1, 0.15) is 13.2 Å². The smallest absolute Gasteiger partial charge is 0.306 e. The Balaban J connectivity index is 4.35. The van der Waals surface area contributed by atoms with Gasteiger partial charge >= 0.3 is 17.9 Å². The van der Waals surface area contributed by atoms with Gasteiger partial charge in [-0.25, -0.2) is 0 Å². The topological polar surface area (TPSA) is 78.9 Å². The van der Waals surface area contributed by atoms with E-state index in [0.29, 0.717) is 19.3 Å². The van der Waals surface area contributed by atoms with Crippen LogP contribution >= 0.6 is 0 Å². The Morgan fingerprint density at radius 3 is 0.818 bits per heavy atom. The summed E-state index contributed by atoms with van der Waals surface area (Å²) in [6.07, 6.45) is 85.9. The molecule has 0 saturated heterocycles. The zero-order valence-electron chi connectivity index (χ0n) is 51.0. The van der Waals surface area contributed by atoms with Crippen LogP contribution in [-0.2, 0) is 28.6 Å². The molecular formula is C71H124O6. The molecule has 0 aromatic carbocycles. The number of hydrogen-bond acceptors (Lipinski definition) is 6. The quantitative estimate of drug-likeness (QED) is 0.0261. The Hall–Kier alpha value is -3.41. The van der Waals surface area contributed by atoms with E-state index in [0.717, 1.165) is 116 Å². The average molecular weight is 1070 g/mol. The van der Waals surface area contributed by atoms with Crippen molar-refractivity contribution in [2.75, 3.05) is 13.2 Å². The molecule has 0 N–H and O–H groups in total. The second-order valence-corrected chi connectivity index (χ2v) is 22.0. The fourth-order valence-electron chi connectivity index (χ4n) is 9.44. The normalized spacial score (nSPS) is 12.6. The number of esters is 3. The number of allylic oxidation sites excluding steroid dienone is 14. The van der Waals surface area contributed by atoms with Gasteiger partial charge in [-0.2, -0.15) is 0 Å². The van der Waals surface area contributed by atoms with Crippen LogP contribution in [0.2, 0.25) is 0 Å². The lowest BCUT2D eigenvalue weighted by Crippen LogP contribution is -2.30. The molecule has 6 nitrogen and oxygen atoms in total. The number of ether oxygens (including phenoxy) is 3. The molecule has 0 rings (SSSR count). The first-order valence-corrected chi connectivity index (χ1v) is 33.1. The minimum Gasteiger partial charge on any atom is -0.462 e. The van der Waals surface area contributed by atoms with Crippen LogP contribution in [0, 0.1) is 0 Å². The lowest BCUT2D eigenvalue weighted by Gasteiger charge is -2.18. The van der Waals surface area contributed by atoms with Crippen molar-refractivity contribution in [2.24, 2.45) is 0 Å². The molecule has 0 saturated carbocycles. The molecule has 0 aromatic rings. The highest BCUT2D eigenvalue weighted by atomic mass is 16.6. The zero-order chi connectivity index (χ0) is 55.7. The van der Waals surface area contributed by atoms with E-state index >= 15 is 0 Å². The standard InChI is InChI=1S/C71H124O6/c1-4-7-10-13-16-19-22-25-28-30-32-33-34-35-36-37-39-40-43-46-49-52-55-58-61-64-70(73)76-67-68(66-75-69(72)63-60-57-54-51-48-45-42-27-24-21-18-15-12-9-6-3)77-71(74)65-62-59-56-53-50-47-44-41-38-31-29-26-23-20-17-14-11-8-5-2/h7,10,16,18-19,21,25,27-28,32-33,35-36,42,68H,4-6,8-9,11-15,17,20,22-24,26,29-31,34,37-41,43-67H2,1-3H3/b10-7-,19-16-,21-18-,28-25-,33-32-,36-35-,42-27-. The molecule has 0 radical (unpaired) electrons. The summed E-state index contributed by atoms with van der Waals surface area (Å²) in [6.45, 7) is 6.53. The second kappa shape index (κ2) is 65.1. The maximum Gasteiger partial charge on any atom is 0.306 e. The highest BCUT2D eigenvalue weighted by Gasteiger charge is 2.19. The number of carbonyl (C=O) groups excluding carboxylic acids is 3. The van der Waals surface area contributed by atoms with Crippen molar-refractivity contribution in [2.45, 2.75) is 335 Å². The lowest BCUT2D eigenvalue weighted by atomic mass is 10.0. The van der Waals surface area contributed by atoms with Crippen LogP contribution in [0.5, 0.6) is 0 Å². The largest absolute Gasteiger partial charge is 0.462 e. The summed E-state index contributed by atoms with van der Waals surface area (Å²) in [6, 6.07) is 0. The molecule has 0 fully saturated rings. The van der Waals surface area contributed by atoms with E-state index in [1.165, 1.54) is 173 Å². The molecule has 6 heteroatoms. The van der Waals surface area contributed by atoms with E-state index < -0.39 is 6.10 Å². The maximum absolute atomic E-state index is 12.9. The Morgan fingerprint density at radius 1 is 0.273 bits per heavy atom. The van der Waals surface area contributed by atoms with Crippen molar-refractivity contribution in [3.63, 3.8) is 0 Å². The van der Waals surface area contributed by atoms with Crippen molar-refractivity contribution in [3.8, 4) is 0 Å². The summed E-state index contributed by atoms with van der Waals surface area (Å²) in [5.74, 6) is -0.884. The molecule has 0 aliphatic rings. The second-order valence-electron chi connectivity index (χ2n) is 22.0. The van der Waals surface area contributed by atoms with Crippen molar-refractivity contribution >= 4 is 17.9 Å². The van der Waals surface area contributed by atoms with Gasteiger partial charge < -0.3 is 14.2 Å². The number of hydrogen-bond donors (Lipinski definition) is 0. The third-order valence-electron chi connectivity index (χ3n) is 14.4. The van der Waals surface area contributed by atoms with Crippen LogP contribution in [0.25, 0.3) is 0 Å². The van der Waals surface area contributed by atoms with Crippen molar-refractivity contribution in [1.29, 1.82) is 0 Å². The first-order valence-electron chi connectivity index (χ1n) is 33.1. The average Bonchev–Trinajstić information content (AvgIpc) is 3.43. The van der Waals surface area contributed by atoms with E-state index in [1.807, 2.05) is 0 Å². The summed E-state index contributed by atoms with van der Waals surface area (Å²) >= 11 is 0. The van der Waals surface area contributed by atoms with Gasteiger partial charge in [-0.1, -0.05) is 298 Å². The van der Waals surface area contributed by atoms with Crippen molar-refractivity contribution in [3.05, 3.63) is 85.1 Å². The van der Waals surface area contributed by atoms with E-state index in [-0.39, 0.29) is 31.1 Å². The molecule has 0 spiro atoms. The molecule has 0 aromatic heterocycles. The molecule has 77 heavy (non-hydrogen) atoms. The summed E-state index contributed by atoms with van der Waals surface area (Å²) in [5, 5.41) is 0. The molecule has 0 aliphatic heterocycles. The van der Waals surface area contributed by atoms with Gasteiger partial charge in [0.05, 0.1) is 0 Å². The minimum atomic E-state index is -0.785. The first kappa shape index (κ1) is 73.6. The van der Waals surface area contributed by atoms with Crippen molar-refractivity contribution < 1.29 is 28.6 Å². The molecule has 0 bridgehead atoms. The first-order chi connectivity index (χ1) is 38.0. The predicted molar refractivity (Wildman–Crippen MR) is 334 cm³/mol. The van der Waals surface area contributed by atoms with E-state index in [2.05, 4.69) is 106 Å². The Labute approximate surface area is 477 Å². The molecule has 0 aliphatic carbocycles. The molecule has 444 valence electrons. The number of carbonyl (C=O) groups is 3. The van der Waals surface area contributed by atoms with E-state index in [1.54, 1.807) is 0 Å². The maximum atomic E-state index is 12.9. The van der Waals surface area contributed by atoms with E-state index in [4.69, 9.17) is 14.2 Å². The van der Waals surface area contributed by atoms with Gasteiger partial charge in [0.15, 0.2) is 6.10 Å².